The number of primary amides is 1. The maximum Gasteiger partial charge on any atom is 0.250 e. The zero-order chi connectivity index (χ0) is 21.0. The Morgan fingerprint density at radius 1 is 1.28 bits per heavy atom. The predicted molar refractivity (Wildman–Crippen MR) is 117 cm³/mol. The Morgan fingerprint density at radius 3 is 2.69 bits per heavy atom. The second-order valence-corrected chi connectivity index (χ2v) is 8.57. The summed E-state index contributed by atoms with van der Waals surface area (Å²) in [6.07, 6.45) is 0. The molecule has 0 aliphatic carbocycles. The molecular formula is C20H23N5O2S2. The molecule has 3 aromatic rings. The SMILES string of the molecule is CCn1c(SCC(=O)Nc2ccccc2C(N)=O)nnc1-c1csc(C(C)C)c1. The first kappa shape index (κ1) is 21.1. The zero-order valence-electron chi connectivity index (χ0n) is 16.5. The standard InChI is InChI=1S/C20H23N5O2S2/c1-4-25-19(13-9-16(12(2)3)28-10-13)23-24-20(25)29-11-17(26)22-15-8-6-5-7-14(15)18(21)27/h5-10,12H,4,11H2,1-3H3,(H2,21,27)(H,22,26). The largest absolute Gasteiger partial charge is 0.366 e. The summed E-state index contributed by atoms with van der Waals surface area (Å²) in [7, 11) is 0. The number of anilines is 1. The minimum Gasteiger partial charge on any atom is -0.366 e. The van der Waals surface area contributed by atoms with E-state index in [0.29, 0.717) is 23.3 Å². The van der Waals surface area contributed by atoms with Crippen LogP contribution in [0.5, 0.6) is 0 Å². The minimum atomic E-state index is -0.583. The van der Waals surface area contributed by atoms with Crippen LogP contribution in [-0.4, -0.2) is 32.3 Å². The van der Waals surface area contributed by atoms with Crippen LogP contribution in [0.25, 0.3) is 11.4 Å². The molecule has 29 heavy (non-hydrogen) atoms. The third-order valence-electron chi connectivity index (χ3n) is 4.28. The third kappa shape index (κ3) is 4.86. The smallest absolute Gasteiger partial charge is 0.250 e. The highest BCUT2D eigenvalue weighted by atomic mass is 32.2. The molecule has 7 nitrogen and oxygen atoms in total. The van der Waals surface area contributed by atoms with Crippen LogP contribution >= 0.6 is 23.1 Å². The van der Waals surface area contributed by atoms with Crippen molar-refractivity contribution in [2.75, 3.05) is 11.1 Å². The van der Waals surface area contributed by atoms with Gasteiger partial charge in [-0.15, -0.1) is 21.5 Å². The zero-order valence-corrected chi connectivity index (χ0v) is 18.1. The van der Waals surface area contributed by atoms with Crippen LogP contribution in [0, 0.1) is 0 Å². The van der Waals surface area contributed by atoms with Crippen molar-refractivity contribution in [1.29, 1.82) is 0 Å². The number of para-hydroxylation sites is 1. The van der Waals surface area contributed by atoms with E-state index in [0.717, 1.165) is 11.4 Å². The Balaban J connectivity index is 1.70. The molecule has 0 unspecified atom stereocenters. The molecule has 2 heterocycles. The average Bonchev–Trinajstić information content (AvgIpc) is 3.33. The highest BCUT2D eigenvalue weighted by Gasteiger charge is 2.17. The highest BCUT2D eigenvalue weighted by Crippen LogP contribution is 2.31. The number of amides is 2. The van der Waals surface area contributed by atoms with Gasteiger partial charge in [0.2, 0.25) is 5.91 Å². The number of rotatable bonds is 8. The summed E-state index contributed by atoms with van der Waals surface area (Å²) in [5, 5.41) is 14.1. The molecule has 0 atom stereocenters. The van der Waals surface area contributed by atoms with Gasteiger partial charge in [0, 0.05) is 22.4 Å². The molecule has 0 fully saturated rings. The van der Waals surface area contributed by atoms with Crippen molar-refractivity contribution in [3.05, 3.63) is 46.2 Å². The van der Waals surface area contributed by atoms with Crippen LogP contribution in [0.1, 0.15) is 41.9 Å². The number of nitrogens with two attached hydrogens (primary N) is 1. The fourth-order valence-electron chi connectivity index (χ4n) is 2.79. The van der Waals surface area contributed by atoms with E-state index < -0.39 is 5.91 Å². The second-order valence-electron chi connectivity index (χ2n) is 6.69. The van der Waals surface area contributed by atoms with E-state index in [1.807, 2.05) is 11.5 Å². The van der Waals surface area contributed by atoms with Gasteiger partial charge in [0.25, 0.3) is 5.91 Å². The third-order valence-corrected chi connectivity index (χ3v) is 6.48. The number of thiophene rings is 1. The van der Waals surface area contributed by atoms with Gasteiger partial charge in [-0.25, -0.2) is 0 Å². The van der Waals surface area contributed by atoms with Crippen molar-refractivity contribution in [3.8, 4) is 11.4 Å². The lowest BCUT2D eigenvalue weighted by molar-refractivity contribution is -0.113. The van der Waals surface area contributed by atoms with Gasteiger partial charge in [0.15, 0.2) is 11.0 Å². The van der Waals surface area contributed by atoms with E-state index >= 15 is 0 Å². The van der Waals surface area contributed by atoms with E-state index in [-0.39, 0.29) is 17.2 Å². The Labute approximate surface area is 177 Å². The predicted octanol–water partition coefficient (Wildman–Crippen LogP) is 3.98. The molecular weight excluding hydrogens is 406 g/mol. The molecule has 2 aromatic heterocycles. The molecule has 3 N–H and O–H groups in total. The van der Waals surface area contributed by atoms with E-state index in [9.17, 15) is 9.59 Å². The number of hydrogen-bond acceptors (Lipinski definition) is 6. The van der Waals surface area contributed by atoms with Crippen molar-refractivity contribution in [1.82, 2.24) is 14.8 Å². The summed E-state index contributed by atoms with van der Waals surface area (Å²) < 4.78 is 2.00. The van der Waals surface area contributed by atoms with Crippen molar-refractivity contribution in [3.63, 3.8) is 0 Å². The van der Waals surface area contributed by atoms with Crippen LogP contribution in [0.4, 0.5) is 5.69 Å². The molecule has 3 rings (SSSR count). The molecule has 9 heteroatoms. The number of aromatic nitrogens is 3. The molecule has 0 aliphatic rings. The topological polar surface area (TPSA) is 103 Å². The molecule has 2 amide bonds. The minimum absolute atomic E-state index is 0.145. The number of thioether (sulfide) groups is 1. The monoisotopic (exact) mass is 429 g/mol. The number of benzene rings is 1. The summed E-state index contributed by atoms with van der Waals surface area (Å²) in [5.74, 6) is 0.589. The van der Waals surface area contributed by atoms with E-state index in [1.165, 1.54) is 16.6 Å². The molecule has 1 aromatic carbocycles. The van der Waals surface area contributed by atoms with Crippen LogP contribution in [0.2, 0.25) is 0 Å². The number of nitrogens with zero attached hydrogens (tertiary/aromatic N) is 3. The molecule has 152 valence electrons. The second kappa shape index (κ2) is 9.23. The Kier molecular flexibility index (Phi) is 6.71. The average molecular weight is 430 g/mol. The van der Waals surface area contributed by atoms with Gasteiger partial charge in [-0.1, -0.05) is 37.7 Å². The van der Waals surface area contributed by atoms with E-state index in [4.69, 9.17) is 5.73 Å². The Bertz CT molecular complexity index is 1030. The summed E-state index contributed by atoms with van der Waals surface area (Å²) in [4.78, 5) is 25.2. The normalized spacial score (nSPS) is 11.0. The number of carbonyl (C=O) groups is 2. The lowest BCUT2D eigenvalue weighted by Gasteiger charge is -2.09. The summed E-state index contributed by atoms with van der Waals surface area (Å²) in [6.45, 7) is 7.05. The first-order chi connectivity index (χ1) is 13.9. The van der Waals surface area contributed by atoms with Gasteiger partial charge >= 0.3 is 0 Å². The van der Waals surface area contributed by atoms with Gasteiger partial charge in [-0.3, -0.25) is 9.59 Å². The quantitative estimate of drug-likeness (QED) is 0.527. The maximum absolute atomic E-state index is 12.4. The fraction of sp³-hybridized carbons (Fsp3) is 0.300. The first-order valence-electron chi connectivity index (χ1n) is 9.24. The molecule has 0 spiro atoms. The maximum atomic E-state index is 12.4. The highest BCUT2D eigenvalue weighted by molar-refractivity contribution is 7.99. The molecule has 0 saturated heterocycles. The van der Waals surface area contributed by atoms with Crippen molar-refractivity contribution >= 4 is 40.6 Å². The first-order valence-corrected chi connectivity index (χ1v) is 11.1. The lowest BCUT2D eigenvalue weighted by Crippen LogP contribution is -2.19. The van der Waals surface area contributed by atoms with Gasteiger partial charge < -0.3 is 15.6 Å². The lowest BCUT2D eigenvalue weighted by atomic mass is 10.1. The molecule has 0 bridgehead atoms. The van der Waals surface area contributed by atoms with Crippen LogP contribution < -0.4 is 11.1 Å². The number of nitrogens with one attached hydrogen (secondary N) is 1. The Morgan fingerprint density at radius 2 is 2.03 bits per heavy atom. The Hall–Kier alpha value is -2.65. The van der Waals surface area contributed by atoms with E-state index in [2.05, 4.69) is 40.8 Å². The number of carbonyl (C=O) groups excluding carboxylic acids is 2. The molecule has 0 radical (unpaired) electrons. The van der Waals surface area contributed by atoms with Crippen molar-refractivity contribution in [2.24, 2.45) is 5.73 Å². The van der Waals surface area contributed by atoms with Crippen molar-refractivity contribution < 1.29 is 9.59 Å². The van der Waals surface area contributed by atoms with Gasteiger partial charge in [0.1, 0.15) is 0 Å². The van der Waals surface area contributed by atoms with Crippen LogP contribution in [0.3, 0.4) is 0 Å². The van der Waals surface area contributed by atoms with Gasteiger partial charge in [0.05, 0.1) is 17.0 Å². The van der Waals surface area contributed by atoms with E-state index in [1.54, 1.807) is 35.6 Å². The van der Waals surface area contributed by atoms with Gasteiger partial charge in [-0.2, -0.15) is 0 Å². The molecule has 0 saturated carbocycles. The molecule has 0 aliphatic heterocycles. The summed E-state index contributed by atoms with van der Waals surface area (Å²) >= 11 is 3.02. The van der Waals surface area contributed by atoms with Crippen LogP contribution in [0.15, 0.2) is 40.9 Å². The summed E-state index contributed by atoms with van der Waals surface area (Å²) in [5.41, 5.74) is 7.08. The summed E-state index contributed by atoms with van der Waals surface area (Å²) in [6, 6.07) is 8.81. The number of hydrogen-bond donors (Lipinski definition) is 2. The van der Waals surface area contributed by atoms with Crippen molar-refractivity contribution in [2.45, 2.75) is 38.4 Å². The van der Waals surface area contributed by atoms with Crippen LogP contribution in [-0.2, 0) is 11.3 Å². The van der Waals surface area contributed by atoms with Gasteiger partial charge in [-0.05, 0) is 31.0 Å². The fourth-order valence-corrected chi connectivity index (χ4v) is 4.50.